The Morgan fingerprint density at radius 2 is 2.00 bits per heavy atom. The molecule has 1 aromatic carbocycles. The van der Waals surface area contributed by atoms with Crippen LogP contribution in [0.15, 0.2) is 18.2 Å². The first-order chi connectivity index (χ1) is 10.1. The Hall–Kier alpha value is -1.99. The van der Waals surface area contributed by atoms with Crippen LogP contribution in [0.1, 0.15) is 16.1 Å². The monoisotopic (exact) mass is 307 g/mol. The minimum Gasteiger partial charge on any atom is -0.483 e. The molecule has 2 aromatic rings. The van der Waals surface area contributed by atoms with E-state index in [0.29, 0.717) is 16.7 Å². The lowest BCUT2D eigenvalue weighted by atomic mass is 10.1. The Balaban J connectivity index is 1.90. The number of anilines is 1. The third kappa shape index (κ3) is 4.24. The third-order valence-electron chi connectivity index (χ3n) is 2.74. The van der Waals surface area contributed by atoms with Crippen molar-refractivity contribution in [3.05, 3.63) is 34.3 Å². The fourth-order valence-electron chi connectivity index (χ4n) is 1.81. The van der Waals surface area contributed by atoms with Crippen LogP contribution in [0.4, 0.5) is 5.13 Å². The number of carbonyl (C=O) groups is 1. The van der Waals surface area contributed by atoms with Gasteiger partial charge in [-0.25, -0.2) is 0 Å². The summed E-state index contributed by atoms with van der Waals surface area (Å²) in [6.07, 6.45) is 0. The van der Waals surface area contributed by atoms with Crippen molar-refractivity contribution in [3.63, 3.8) is 0 Å². The largest absolute Gasteiger partial charge is 0.483 e. The molecule has 7 heteroatoms. The number of nitrogens with one attached hydrogen (secondary N) is 1. The number of hydrogen-bond acceptors (Lipinski definition) is 6. The second-order valence-electron chi connectivity index (χ2n) is 4.49. The first-order valence-corrected chi connectivity index (χ1v) is 7.22. The fourth-order valence-corrected chi connectivity index (χ4v) is 2.53. The van der Waals surface area contributed by atoms with Crippen LogP contribution >= 0.6 is 11.3 Å². The van der Waals surface area contributed by atoms with Gasteiger partial charge in [0.1, 0.15) is 17.4 Å². The summed E-state index contributed by atoms with van der Waals surface area (Å²) in [5.41, 5.74) is 2.00. The van der Waals surface area contributed by atoms with Crippen LogP contribution < -0.4 is 10.1 Å². The maximum Gasteiger partial charge on any atom is 0.264 e. The van der Waals surface area contributed by atoms with Gasteiger partial charge < -0.3 is 9.47 Å². The lowest BCUT2D eigenvalue weighted by molar-refractivity contribution is -0.118. The summed E-state index contributed by atoms with van der Waals surface area (Å²) in [5, 5.41) is 11.6. The average Bonchev–Trinajstić information content (AvgIpc) is 2.86. The predicted molar refractivity (Wildman–Crippen MR) is 80.7 cm³/mol. The van der Waals surface area contributed by atoms with E-state index >= 15 is 0 Å². The topological polar surface area (TPSA) is 73.3 Å². The average molecular weight is 307 g/mol. The summed E-state index contributed by atoms with van der Waals surface area (Å²) >= 11 is 1.28. The molecule has 0 unspecified atom stereocenters. The quantitative estimate of drug-likeness (QED) is 0.886. The van der Waals surface area contributed by atoms with Gasteiger partial charge in [0.25, 0.3) is 5.91 Å². The molecule has 0 saturated carbocycles. The molecule has 6 nitrogen and oxygen atoms in total. The number of nitrogens with zero attached hydrogens (tertiary/aromatic N) is 2. The molecule has 1 N–H and O–H groups in total. The fraction of sp³-hybridized carbons (Fsp3) is 0.357. The molecule has 112 valence electrons. The van der Waals surface area contributed by atoms with Crippen molar-refractivity contribution in [2.24, 2.45) is 0 Å². The van der Waals surface area contributed by atoms with Crippen molar-refractivity contribution in [2.45, 2.75) is 20.5 Å². The van der Waals surface area contributed by atoms with E-state index in [9.17, 15) is 4.79 Å². The molecule has 0 atom stereocenters. The van der Waals surface area contributed by atoms with Gasteiger partial charge in [0.2, 0.25) is 5.13 Å². The zero-order valence-corrected chi connectivity index (χ0v) is 13.0. The van der Waals surface area contributed by atoms with E-state index < -0.39 is 0 Å². The number of carbonyl (C=O) groups excluding carboxylic acids is 1. The van der Waals surface area contributed by atoms with Crippen LogP contribution in [0, 0.1) is 13.8 Å². The Bertz CT molecular complexity index is 607. The Morgan fingerprint density at radius 3 is 2.67 bits per heavy atom. The highest BCUT2D eigenvalue weighted by atomic mass is 32.1. The van der Waals surface area contributed by atoms with Crippen molar-refractivity contribution in [2.75, 3.05) is 19.0 Å². The number of hydrogen-bond donors (Lipinski definition) is 1. The first-order valence-electron chi connectivity index (χ1n) is 6.40. The van der Waals surface area contributed by atoms with Crippen LogP contribution in [-0.2, 0) is 16.1 Å². The molecule has 0 fully saturated rings. The summed E-state index contributed by atoms with van der Waals surface area (Å²) in [6, 6.07) is 5.85. The van der Waals surface area contributed by atoms with E-state index in [-0.39, 0.29) is 12.5 Å². The molecule has 0 spiro atoms. The molecule has 2 rings (SSSR count). The zero-order valence-electron chi connectivity index (χ0n) is 12.2. The Labute approximate surface area is 127 Å². The zero-order chi connectivity index (χ0) is 15.2. The molecule has 0 aliphatic rings. The van der Waals surface area contributed by atoms with Gasteiger partial charge in [-0.3, -0.25) is 10.1 Å². The van der Waals surface area contributed by atoms with Gasteiger partial charge in [0.15, 0.2) is 6.61 Å². The highest BCUT2D eigenvalue weighted by molar-refractivity contribution is 7.15. The minimum absolute atomic E-state index is 0.0646. The molecule has 0 radical (unpaired) electrons. The van der Waals surface area contributed by atoms with Crippen LogP contribution in [0.25, 0.3) is 0 Å². The molecule has 0 aliphatic carbocycles. The van der Waals surface area contributed by atoms with Crippen LogP contribution in [-0.4, -0.2) is 29.8 Å². The van der Waals surface area contributed by atoms with E-state index in [4.69, 9.17) is 9.47 Å². The Kier molecular flexibility index (Phi) is 5.24. The number of amides is 1. The van der Waals surface area contributed by atoms with Crippen molar-refractivity contribution < 1.29 is 14.3 Å². The first kappa shape index (κ1) is 15.4. The second-order valence-corrected chi connectivity index (χ2v) is 5.55. The number of benzene rings is 1. The molecule has 1 aromatic heterocycles. The lowest BCUT2D eigenvalue weighted by Gasteiger charge is -2.11. The summed E-state index contributed by atoms with van der Waals surface area (Å²) in [4.78, 5) is 11.8. The highest BCUT2D eigenvalue weighted by Gasteiger charge is 2.10. The summed E-state index contributed by atoms with van der Waals surface area (Å²) < 4.78 is 10.5. The Morgan fingerprint density at radius 1 is 1.29 bits per heavy atom. The second kappa shape index (κ2) is 7.14. The van der Waals surface area contributed by atoms with Gasteiger partial charge in [-0.05, 0) is 25.0 Å². The molecule has 0 bridgehead atoms. The van der Waals surface area contributed by atoms with Crippen molar-refractivity contribution in [3.8, 4) is 5.75 Å². The number of rotatable bonds is 6. The number of methoxy groups -OCH3 is 1. The van der Waals surface area contributed by atoms with Gasteiger partial charge in [0.05, 0.1) is 0 Å². The normalized spacial score (nSPS) is 10.4. The van der Waals surface area contributed by atoms with E-state index in [1.807, 2.05) is 32.0 Å². The smallest absolute Gasteiger partial charge is 0.264 e. The number of aryl methyl sites for hydroxylation is 2. The van der Waals surface area contributed by atoms with Gasteiger partial charge in [0, 0.05) is 7.11 Å². The van der Waals surface area contributed by atoms with Gasteiger partial charge in [-0.15, -0.1) is 10.2 Å². The SMILES string of the molecule is COCc1nnc(NC(=O)COc2c(C)cccc2C)s1. The number of ether oxygens (including phenoxy) is 2. The molecule has 21 heavy (non-hydrogen) atoms. The summed E-state index contributed by atoms with van der Waals surface area (Å²) in [6.45, 7) is 4.21. The number of aromatic nitrogens is 2. The van der Waals surface area contributed by atoms with E-state index in [0.717, 1.165) is 16.9 Å². The maximum absolute atomic E-state index is 11.8. The molecule has 1 heterocycles. The molecular weight excluding hydrogens is 290 g/mol. The summed E-state index contributed by atoms with van der Waals surface area (Å²) in [7, 11) is 1.58. The molecular formula is C14H17N3O3S. The van der Waals surface area contributed by atoms with Crippen LogP contribution in [0.5, 0.6) is 5.75 Å². The van der Waals surface area contributed by atoms with Gasteiger partial charge >= 0.3 is 0 Å². The van der Waals surface area contributed by atoms with Crippen LogP contribution in [0.3, 0.4) is 0 Å². The standard InChI is InChI=1S/C14H17N3O3S/c1-9-5-4-6-10(2)13(9)20-7-11(18)15-14-17-16-12(21-14)8-19-3/h4-6H,7-8H2,1-3H3,(H,15,17,18). The third-order valence-corrected chi connectivity index (χ3v) is 3.55. The summed E-state index contributed by atoms with van der Waals surface area (Å²) in [5.74, 6) is 0.475. The predicted octanol–water partition coefficient (Wildman–Crippen LogP) is 2.32. The van der Waals surface area contributed by atoms with Crippen molar-refractivity contribution in [1.29, 1.82) is 0 Å². The minimum atomic E-state index is -0.266. The van der Waals surface area contributed by atoms with Crippen LogP contribution in [0.2, 0.25) is 0 Å². The maximum atomic E-state index is 11.8. The van der Waals surface area contributed by atoms with Gasteiger partial charge in [-0.2, -0.15) is 0 Å². The van der Waals surface area contributed by atoms with E-state index in [2.05, 4.69) is 15.5 Å². The highest BCUT2D eigenvalue weighted by Crippen LogP contribution is 2.22. The lowest BCUT2D eigenvalue weighted by Crippen LogP contribution is -2.20. The van der Waals surface area contributed by atoms with E-state index in [1.165, 1.54) is 11.3 Å². The molecule has 1 amide bonds. The van der Waals surface area contributed by atoms with E-state index in [1.54, 1.807) is 7.11 Å². The number of para-hydroxylation sites is 1. The van der Waals surface area contributed by atoms with Crippen molar-refractivity contribution in [1.82, 2.24) is 10.2 Å². The molecule has 0 saturated heterocycles. The van der Waals surface area contributed by atoms with Crippen molar-refractivity contribution >= 4 is 22.4 Å². The van der Waals surface area contributed by atoms with Gasteiger partial charge in [-0.1, -0.05) is 29.5 Å². The molecule has 0 aliphatic heterocycles.